The fourth-order valence-corrected chi connectivity index (χ4v) is 2.09. The summed E-state index contributed by atoms with van der Waals surface area (Å²) in [6, 6.07) is 7.57. The fraction of sp³-hybridized carbons (Fsp3) is 0.300. The van der Waals surface area contributed by atoms with E-state index in [4.69, 9.17) is 9.47 Å². The maximum absolute atomic E-state index is 12.4. The molecule has 0 unspecified atom stereocenters. The zero-order valence-electron chi connectivity index (χ0n) is 15.0. The average molecular weight is 343 g/mol. The largest absolute Gasteiger partial charge is 0.497 e. The summed E-state index contributed by atoms with van der Waals surface area (Å²) in [6.07, 6.45) is 6.46. The third kappa shape index (κ3) is 8.01. The molecule has 0 atom stereocenters. The second kappa shape index (κ2) is 10.9. The van der Waals surface area contributed by atoms with Crippen molar-refractivity contribution in [1.29, 1.82) is 0 Å². The minimum atomic E-state index is -0.330. The first kappa shape index (κ1) is 20.2. The van der Waals surface area contributed by atoms with Crippen LogP contribution in [-0.4, -0.2) is 37.0 Å². The van der Waals surface area contributed by atoms with Crippen LogP contribution in [0.15, 0.2) is 60.7 Å². The Balaban J connectivity index is 2.83. The van der Waals surface area contributed by atoms with Crippen LogP contribution in [0.2, 0.25) is 0 Å². The molecule has 0 aliphatic rings. The molecule has 5 heteroatoms. The van der Waals surface area contributed by atoms with Crippen molar-refractivity contribution in [3.05, 3.63) is 66.3 Å². The number of ether oxygens (including phenoxy) is 2. The monoisotopic (exact) mass is 343 g/mol. The molecule has 0 spiro atoms. The van der Waals surface area contributed by atoms with Crippen LogP contribution in [0, 0.1) is 0 Å². The van der Waals surface area contributed by atoms with Gasteiger partial charge in [0.05, 0.1) is 7.11 Å². The molecule has 25 heavy (non-hydrogen) atoms. The lowest BCUT2D eigenvalue weighted by Crippen LogP contribution is -2.30. The molecule has 1 rings (SSSR count). The standard InChI is InChI=1S/C20H25NO4/c1-5-6-7-20(23)21(14-16(2)12-13-25-17(3)22)15-18-8-10-19(24-4)11-9-18/h5-12H,1,13-15H2,2-4H3/b7-6+,16-12+. The summed E-state index contributed by atoms with van der Waals surface area (Å²) >= 11 is 0. The topological polar surface area (TPSA) is 55.8 Å². The highest BCUT2D eigenvalue weighted by atomic mass is 16.5. The summed E-state index contributed by atoms with van der Waals surface area (Å²) in [5, 5.41) is 0. The van der Waals surface area contributed by atoms with Gasteiger partial charge in [0.1, 0.15) is 12.4 Å². The van der Waals surface area contributed by atoms with E-state index >= 15 is 0 Å². The molecule has 0 radical (unpaired) electrons. The summed E-state index contributed by atoms with van der Waals surface area (Å²) in [7, 11) is 1.61. The number of allylic oxidation sites excluding steroid dienone is 2. The van der Waals surface area contributed by atoms with Gasteiger partial charge in [0, 0.05) is 26.1 Å². The molecule has 0 fully saturated rings. The number of rotatable bonds is 9. The fourth-order valence-electron chi connectivity index (χ4n) is 2.09. The van der Waals surface area contributed by atoms with E-state index in [2.05, 4.69) is 6.58 Å². The molecule has 1 aromatic rings. The molecule has 0 bridgehead atoms. The van der Waals surface area contributed by atoms with E-state index in [0.29, 0.717) is 13.1 Å². The number of carbonyl (C=O) groups excluding carboxylic acids is 2. The number of hydrogen-bond donors (Lipinski definition) is 0. The minimum absolute atomic E-state index is 0.115. The van der Waals surface area contributed by atoms with E-state index < -0.39 is 0 Å². The van der Waals surface area contributed by atoms with Gasteiger partial charge in [-0.1, -0.05) is 36.4 Å². The van der Waals surface area contributed by atoms with Crippen LogP contribution in [0.25, 0.3) is 0 Å². The number of amides is 1. The van der Waals surface area contributed by atoms with Crippen LogP contribution in [0.5, 0.6) is 5.75 Å². The predicted octanol–water partition coefficient (Wildman–Crippen LogP) is 3.28. The highest BCUT2D eigenvalue weighted by molar-refractivity contribution is 5.88. The Morgan fingerprint density at radius 3 is 2.44 bits per heavy atom. The summed E-state index contributed by atoms with van der Waals surface area (Å²) in [6.45, 7) is 7.95. The van der Waals surface area contributed by atoms with Crippen LogP contribution in [0.3, 0.4) is 0 Å². The van der Waals surface area contributed by atoms with E-state index in [-0.39, 0.29) is 18.5 Å². The van der Waals surface area contributed by atoms with E-state index in [9.17, 15) is 9.59 Å². The van der Waals surface area contributed by atoms with Gasteiger partial charge in [-0.3, -0.25) is 9.59 Å². The SMILES string of the molecule is C=C/C=C/C(=O)N(C/C(C)=C/COC(C)=O)Cc1ccc(OC)cc1. The first-order valence-corrected chi connectivity index (χ1v) is 7.96. The van der Waals surface area contributed by atoms with Gasteiger partial charge >= 0.3 is 5.97 Å². The zero-order chi connectivity index (χ0) is 18.7. The Kier molecular flexibility index (Phi) is 8.79. The molecule has 0 aliphatic carbocycles. The van der Waals surface area contributed by atoms with Gasteiger partial charge in [0.25, 0.3) is 0 Å². The van der Waals surface area contributed by atoms with Crippen LogP contribution in [0.1, 0.15) is 19.4 Å². The molecule has 5 nitrogen and oxygen atoms in total. The Morgan fingerprint density at radius 1 is 1.20 bits per heavy atom. The van der Waals surface area contributed by atoms with Crippen molar-refractivity contribution >= 4 is 11.9 Å². The summed E-state index contributed by atoms with van der Waals surface area (Å²) in [4.78, 5) is 24.9. The summed E-state index contributed by atoms with van der Waals surface area (Å²) in [5.41, 5.74) is 1.93. The maximum Gasteiger partial charge on any atom is 0.302 e. The number of carbonyl (C=O) groups is 2. The van der Waals surface area contributed by atoms with Crippen molar-refractivity contribution < 1.29 is 19.1 Å². The predicted molar refractivity (Wildman–Crippen MR) is 98.1 cm³/mol. The Bertz CT molecular complexity index is 644. The maximum atomic E-state index is 12.4. The van der Waals surface area contributed by atoms with Crippen molar-refractivity contribution in [3.63, 3.8) is 0 Å². The smallest absolute Gasteiger partial charge is 0.302 e. The Labute approximate surface area is 149 Å². The molecular weight excluding hydrogens is 318 g/mol. The second-order valence-corrected chi connectivity index (χ2v) is 5.49. The van der Waals surface area contributed by atoms with Crippen molar-refractivity contribution in [2.75, 3.05) is 20.3 Å². The number of benzene rings is 1. The van der Waals surface area contributed by atoms with Gasteiger partial charge in [-0.25, -0.2) is 0 Å². The number of nitrogens with zero attached hydrogens (tertiary/aromatic N) is 1. The molecule has 134 valence electrons. The second-order valence-electron chi connectivity index (χ2n) is 5.49. The van der Waals surface area contributed by atoms with Gasteiger partial charge in [-0.2, -0.15) is 0 Å². The molecule has 0 saturated heterocycles. The normalized spacial score (nSPS) is 11.2. The van der Waals surface area contributed by atoms with Gasteiger partial charge in [-0.15, -0.1) is 0 Å². The van der Waals surface area contributed by atoms with Crippen LogP contribution >= 0.6 is 0 Å². The minimum Gasteiger partial charge on any atom is -0.497 e. The molecule has 0 saturated carbocycles. The van der Waals surface area contributed by atoms with Crippen molar-refractivity contribution in [3.8, 4) is 5.75 Å². The Hall–Kier alpha value is -2.82. The molecule has 1 aromatic carbocycles. The van der Waals surface area contributed by atoms with E-state index in [1.165, 1.54) is 13.0 Å². The average Bonchev–Trinajstić information content (AvgIpc) is 2.59. The third-order valence-corrected chi connectivity index (χ3v) is 3.38. The van der Waals surface area contributed by atoms with Gasteiger partial charge in [0.2, 0.25) is 5.91 Å². The lowest BCUT2D eigenvalue weighted by Gasteiger charge is -2.22. The van der Waals surface area contributed by atoms with E-state index in [1.807, 2.05) is 31.2 Å². The molecule has 0 heterocycles. The van der Waals surface area contributed by atoms with E-state index in [1.54, 1.807) is 30.2 Å². The molecule has 1 amide bonds. The van der Waals surface area contributed by atoms with Crippen LogP contribution in [0.4, 0.5) is 0 Å². The summed E-state index contributed by atoms with van der Waals surface area (Å²) < 4.78 is 10.1. The van der Waals surface area contributed by atoms with Crippen LogP contribution < -0.4 is 4.74 Å². The lowest BCUT2D eigenvalue weighted by molar-refractivity contribution is -0.139. The van der Waals surface area contributed by atoms with Gasteiger partial charge in [-0.05, 0) is 30.7 Å². The quantitative estimate of drug-likeness (QED) is 0.299. The highest BCUT2D eigenvalue weighted by Crippen LogP contribution is 2.14. The third-order valence-electron chi connectivity index (χ3n) is 3.38. The molecular formula is C20H25NO4. The van der Waals surface area contributed by atoms with Gasteiger partial charge in [0.15, 0.2) is 0 Å². The van der Waals surface area contributed by atoms with Crippen molar-refractivity contribution in [2.24, 2.45) is 0 Å². The number of hydrogen-bond acceptors (Lipinski definition) is 4. The Morgan fingerprint density at radius 2 is 1.88 bits per heavy atom. The van der Waals surface area contributed by atoms with Crippen molar-refractivity contribution in [1.82, 2.24) is 4.90 Å². The first-order chi connectivity index (χ1) is 12.0. The molecule has 0 aliphatic heterocycles. The highest BCUT2D eigenvalue weighted by Gasteiger charge is 2.12. The number of esters is 1. The van der Waals surface area contributed by atoms with Crippen LogP contribution in [-0.2, 0) is 20.9 Å². The molecule has 0 aromatic heterocycles. The number of methoxy groups -OCH3 is 1. The first-order valence-electron chi connectivity index (χ1n) is 7.96. The lowest BCUT2D eigenvalue weighted by atomic mass is 10.1. The molecule has 0 N–H and O–H groups in total. The zero-order valence-corrected chi connectivity index (χ0v) is 15.0. The van der Waals surface area contributed by atoms with E-state index in [0.717, 1.165) is 16.9 Å². The summed E-state index contributed by atoms with van der Waals surface area (Å²) in [5.74, 6) is 0.325. The van der Waals surface area contributed by atoms with Crippen molar-refractivity contribution in [2.45, 2.75) is 20.4 Å². The van der Waals surface area contributed by atoms with Gasteiger partial charge < -0.3 is 14.4 Å².